The quantitative estimate of drug-likeness (QED) is 0.780. The van der Waals surface area contributed by atoms with Crippen molar-refractivity contribution >= 4 is 0 Å². The first kappa shape index (κ1) is 16.3. The Morgan fingerprint density at radius 1 is 1.10 bits per heavy atom. The first-order valence-corrected chi connectivity index (χ1v) is 8.76. The van der Waals surface area contributed by atoms with E-state index in [1.165, 1.54) is 51.5 Å². The number of ether oxygens (including phenoxy) is 1. The van der Waals surface area contributed by atoms with Crippen LogP contribution in [0.5, 0.6) is 0 Å². The van der Waals surface area contributed by atoms with Gasteiger partial charge in [0.05, 0.1) is 0 Å². The highest BCUT2D eigenvalue weighted by Crippen LogP contribution is 2.30. The van der Waals surface area contributed by atoms with Gasteiger partial charge in [-0.1, -0.05) is 26.7 Å². The van der Waals surface area contributed by atoms with Crippen molar-refractivity contribution in [3.63, 3.8) is 0 Å². The minimum Gasteiger partial charge on any atom is -0.381 e. The molecule has 1 saturated carbocycles. The largest absolute Gasteiger partial charge is 0.381 e. The fourth-order valence-corrected chi connectivity index (χ4v) is 3.96. The van der Waals surface area contributed by atoms with Gasteiger partial charge in [0.25, 0.3) is 0 Å². The summed E-state index contributed by atoms with van der Waals surface area (Å²) in [6.07, 6.45) is 9.30. The van der Waals surface area contributed by atoms with Gasteiger partial charge in [-0.15, -0.1) is 0 Å². The summed E-state index contributed by atoms with van der Waals surface area (Å²) in [5.41, 5.74) is 6.20. The van der Waals surface area contributed by atoms with E-state index in [0.29, 0.717) is 6.04 Å². The van der Waals surface area contributed by atoms with E-state index >= 15 is 0 Å². The van der Waals surface area contributed by atoms with Crippen LogP contribution in [0.1, 0.15) is 58.8 Å². The zero-order valence-corrected chi connectivity index (χ0v) is 13.5. The van der Waals surface area contributed by atoms with Crippen LogP contribution in [0.15, 0.2) is 0 Å². The number of nitrogens with zero attached hydrogens (tertiary/aromatic N) is 1. The molecule has 0 amide bonds. The predicted octanol–water partition coefficient (Wildman–Crippen LogP) is 3.03. The molecule has 2 rings (SSSR count). The van der Waals surface area contributed by atoms with E-state index in [4.69, 9.17) is 10.5 Å². The number of hydrogen-bond donors (Lipinski definition) is 1. The van der Waals surface area contributed by atoms with Gasteiger partial charge in [-0.05, 0) is 50.5 Å². The lowest BCUT2D eigenvalue weighted by atomic mass is 9.89. The Bertz CT molecular complexity index is 258. The van der Waals surface area contributed by atoms with Crippen LogP contribution in [0.25, 0.3) is 0 Å². The van der Waals surface area contributed by atoms with Gasteiger partial charge in [0.15, 0.2) is 0 Å². The molecule has 3 heteroatoms. The molecule has 1 aliphatic carbocycles. The van der Waals surface area contributed by atoms with Gasteiger partial charge in [0.2, 0.25) is 0 Å². The molecule has 2 fully saturated rings. The highest BCUT2D eigenvalue weighted by Gasteiger charge is 2.33. The molecular formula is C17H34N2O. The fourth-order valence-electron chi connectivity index (χ4n) is 3.96. The maximum absolute atomic E-state index is 6.20. The smallest absolute Gasteiger partial charge is 0.0469 e. The molecule has 0 aromatic rings. The van der Waals surface area contributed by atoms with Crippen LogP contribution < -0.4 is 5.73 Å². The van der Waals surface area contributed by atoms with Crippen LogP contribution in [0.4, 0.5) is 0 Å². The molecule has 0 spiro atoms. The lowest BCUT2D eigenvalue weighted by Gasteiger charge is -2.42. The SMILES string of the molecule is CC(C)CCN(C1CCCC1)C(CN)C1CCOCC1. The lowest BCUT2D eigenvalue weighted by Crippen LogP contribution is -2.51. The molecule has 3 nitrogen and oxygen atoms in total. The second-order valence-corrected chi connectivity index (χ2v) is 7.11. The summed E-state index contributed by atoms with van der Waals surface area (Å²) in [6, 6.07) is 1.38. The van der Waals surface area contributed by atoms with Crippen LogP contribution in [0, 0.1) is 11.8 Å². The summed E-state index contributed by atoms with van der Waals surface area (Å²) in [7, 11) is 0. The van der Waals surface area contributed by atoms with E-state index in [0.717, 1.165) is 37.6 Å². The Morgan fingerprint density at radius 2 is 1.75 bits per heavy atom. The maximum atomic E-state index is 6.20. The van der Waals surface area contributed by atoms with E-state index in [1.807, 2.05) is 0 Å². The van der Waals surface area contributed by atoms with E-state index in [9.17, 15) is 0 Å². The molecule has 0 aromatic heterocycles. The molecule has 0 aromatic carbocycles. The molecule has 1 heterocycles. The number of rotatable bonds is 7. The second kappa shape index (κ2) is 8.35. The maximum Gasteiger partial charge on any atom is 0.0469 e. The zero-order chi connectivity index (χ0) is 14.4. The van der Waals surface area contributed by atoms with Gasteiger partial charge >= 0.3 is 0 Å². The van der Waals surface area contributed by atoms with Crippen molar-refractivity contribution in [2.45, 2.75) is 70.9 Å². The van der Waals surface area contributed by atoms with Gasteiger partial charge in [0.1, 0.15) is 0 Å². The molecule has 2 N–H and O–H groups in total. The zero-order valence-electron chi connectivity index (χ0n) is 13.5. The first-order chi connectivity index (χ1) is 9.72. The molecule has 20 heavy (non-hydrogen) atoms. The van der Waals surface area contributed by atoms with Crippen molar-refractivity contribution in [2.75, 3.05) is 26.3 Å². The van der Waals surface area contributed by atoms with Crippen molar-refractivity contribution in [1.29, 1.82) is 0 Å². The predicted molar refractivity (Wildman–Crippen MR) is 84.8 cm³/mol. The van der Waals surface area contributed by atoms with E-state index in [2.05, 4.69) is 18.7 Å². The molecule has 1 atom stereocenters. The lowest BCUT2D eigenvalue weighted by molar-refractivity contribution is 0.0135. The van der Waals surface area contributed by atoms with Crippen molar-refractivity contribution in [3.05, 3.63) is 0 Å². The Kier molecular flexibility index (Phi) is 6.79. The van der Waals surface area contributed by atoms with Crippen LogP contribution in [-0.2, 0) is 4.74 Å². The van der Waals surface area contributed by atoms with Gasteiger partial charge in [0, 0.05) is 31.8 Å². The average molecular weight is 282 g/mol. The first-order valence-electron chi connectivity index (χ1n) is 8.76. The minimum atomic E-state index is 0.584. The third kappa shape index (κ3) is 4.44. The van der Waals surface area contributed by atoms with Crippen LogP contribution in [-0.4, -0.2) is 43.3 Å². The van der Waals surface area contributed by atoms with Crippen molar-refractivity contribution < 1.29 is 4.74 Å². The van der Waals surface area contributed by atoms with Gasteiger partial charge in [-0.3, -0.25) is 4.90 Å². The highest BCUT2D eigenvalue weighted by atomic mass is 16.5. The van der Waals surface area contributed by atoms with E-state index in [1.54, 1.807) is 0 Å². The Labute approximate surface area is 125 Å². The molecular weight excluding hydrogens is 248 g/mol. The van der Waals surface area contributed by atoms with E-state index < -0.39 is 0 Å². The highest BCUT2D eigenvalue weighted by molar-refractivity contribution is 4.88. The van der Waals surface area contributed by atoms with Crippen molar-refractivity contribution in [3.8, 4) is 0 Å². The van der Waals surface area contributed by atoms with Crippen molar-refractivity contribution in [1.82, 2.24) is 4.90 Å². The third-order valence-electron chi connectivity index (χ3n) is 5.24. The van der Waals surface area contributed by atoms with Crippen molar-refractivity contribution in [2.24, 2.45) is 17.6 Å². The average Bonchev–Trinajstić information content (AvgIpc) is 2.98. The summed E-state index contributed by atoms with van der Waals surface area (Å²) in [5, 5.41) is 0. The topological polar surface area (TPSA) is 38.5 Å². The number of hydrogen-bond acceptors (Lipinski definition) is 3. The van der Waals surface area contributed by atoms with Gasteiger partial charge in [-0.2, -0.15) is 0 Å². The Hall–Kier alpha value is -0.120. The standard InChI is InChI=1S/C17H34N2O/c1-14(2)7-10-19(16-5-3-4-6-16)17(13-18)15-8-11-20-12-9-15/h14-17H,3-13,18H2,1-2H3. The summed E-state index contributed by atoms with van der Waals surface area (Å²) < 4.78 is 5.54. The molecule has 1 unspecified atom stereocenters. The van der Waals surface area contributed by atoms with Gasteiger partial charge in [-0.25, -0.2) is 0 Å². The molecule has 118 valence electrons. The minimum absolute atomic E-state index is 0.584. The fraction of sp³-hybridized carbons (Fsp3) is 1.00. The number of nitrogens with two attached hydrogens (primary N) is 1. The molecule has 1 saturated heterocycles. The Balaban J connectivity index is 2.00. The van der Waals surface area contributed by atoms with Crippen LogP contribution >= 0.6 is 0 Å². The molecule has 1 aliphatic heterocycles. The normalized spacial score (nSPS) is 23.9. The van der Waals surface area contributed by atoms with Crippen LogP contribution in [0.2, 0.25) is 0 Å². The third-order valence-corrected chi connectivity index (χ3v) is 5.24. The molecule has 2 aliphatic rings. The summed E-state index contributed by atoms with van der Waals surface area (Å²) in [5.74, 6) is 1.54. The Morgan fingerprint density at radius 3 is 2.30 bits per heavy atom. The van der Waals surface area contributed by atoms with Gasteiger partial charge < -0.3 is 10.5 Å². The summed E-state index contributed by atoms with van der Waals surface area (Å²) >= 11 is 0. The van der Waals surface area contributed by atoms with Crippen LogP contribution in [0.3, 0.4) is 0 Å². The molecule has 0 radical (unpaired) electrons. The molecule has 0 bridgehead atoms. The summed E-state index contributed by atoms with van der Waals surface area (Å²) in [6.45, 7) is 8.59. The van der Waals surface area contributed by atoms with E-state index in [-0.39, 0.29) is 0 Å². The second-order valence-electron chi connectivity index (χ2n) is 7.11. The monoisotopic (exact) mass is 282 g/mol. The summed E-state index contributed by atoms with van der Waals surface area (Å²) in [4.78, 5) is 2.79.